The van der Waals surface area contributed by atoms with Crippen LogP contribution in [0.25, 0.3) is 11.4 Å². The number of rotatable bonds is 9. The second-order valence-corrected chi connectivity index (χ2v) is 6.82. The van der Waals surface area contributed by atoms with E-state index < -0.39 is 0 Å². The average molecular weight is 395 g/mol. The fourth-order valence-electron chi connectivity index (χ4n) is 2.64. The van der Waals surface area contributed by atoms with Crippen LogP contribution < -0.4 is 4.74 Å². The second kappa shape index (κ2) is 9.75. The Morgan fingerprint density at radius 2 is 1.89 bits per heavy atom. The van der Waals surface area contributed by atoms with Gasteiger partial charge in [-0.2, -0.15) is 0 Å². The van der Waals surface area contributed by atoms with Crippen molar-refractivity contribution in [2.75, 3.05) is 19.5 Å². The van der Waals surface area contributed by atoms with Crippen LogP contribution in [0.2, 0.25) is 0 Å². The molecule has 0 radical (unpaired) electrons. The van der Waals surface area contributed by atoms with Gasteiger partial charge in [0.05, 0.1) is 18.2 Å². The third-order valence-corrected chi connectivity index (χ3v) is 4.86. The first kappa shape index (κ1) is 19.7. The SMILES string of the molecule is C=CCn1c(SCCOC(=O)c2ccccc2)nnc1-c1ccccc1OC. The molecule has 0 aliphatic rings. The standard InChI is InChI=1S/C21H21N3O3S/c1-3-13-24-19(17-11-7-8-12-18(17)26-2)22-23-21(24)28-15-14-27-20(25)16-9-5-4-6-10-16/h3-12H,1,13-15H2,2H3. The summed E-state index contributed by atoms with van der Waals surface area (Å²) in [5.41, 5.74) is 1.41. The van der Waals surface area contributed by atoms with E-state index >= 15 is 0 Å². The Labute approximate surface area is 168 Å². The predicted octanol–water partition coefficient (Wildman–Crippen LogP) is 4.09. The molecule has 0 aliphatic carbocycles. The Morgan fingerprint density at radius 1 is 1.14 bits per heavy atom. The zero-order chi connectivity index (χ0) is 19.8. The van der Waals surface area contributed by atoms with Crippen LogP contribution in [0.5, 0.6) is 5.75 Å². The number of allylic oxidation sites excluding steroid dienone is 1. The van der Waals surface area contributed by atoms with Gasteiger partial charge in [-0.3, -0.25) is 4.57 Å². The number of aromatic nitrogens is 3. The van der Waals surface area contributed by atoms with Gasteiger partial charge < -0.3 is 9.47 Å². The Balaban J connectivity index is 1.67. The molecule has 3 aromatic rings. The molecule has 6 nitrogen and oxygen atoms in total. The molecule has 0 amide bonds. The van der Waals surface area contributed by atoms with Gasteiger partial charge in [0.15, 0.2) is 11.0 Å². The lowest BCUT2D eigenvalue weighted by atomic mass is 10.2. The van der Waals surface area contributed by atoms with Crippen LogP contribution in [-0.4, -0.2) is 40.2 Å². The van der Waals surface area contributed by atoms with Crippen LogP contribution in [0, 0.1) is 0 Å². The molecule has 0 fully saturated rings. The zero-order valence-electron chi connectivity index (χ0n) is 15.6. The van der Waals surface area contributed by atoms with E-state index in [1.807, 2.05) is 47.0 Å². The van der Waals surface area contributed by atoms with Crippen LogP contribution in [0.1, 0.15) is 10.4 Å². The van der Waals surface area contributed by atoms with Crippen molar-refractivity contribution in [1.82, 2.24) is 14.8 Å². The maximum Gasteiger partial charge on any atom is 0.338 e. The molecule has 1 aromatic heterocycles. The number of carbonyl (C=O) groups excluding carboxylic acids is 1. The minimum atomic E-state index is -0.330. The molecule has 1 heterocycles. The number of carbonyl (C=O) groups is 1. The van der Waals surface area contributed by atoms with Crippen molar-refractivity contribution < 1.29 is 14.3 Å². The fraction of sp³-hybridized carbons (Fsp3) is 0.190. The number of ether oxygens (including phenoxy) is 2. The van der Waals surface area contributed by atoms with Gasteiger partial charge in [-0.15, -0.1) is 16.8 Å². The lowest BCUT2D eigenvalue weighted by molar-refractivity contribution is 0.0530. The Kier molecular flexibility index (Phi) is 6.86. The summed E-state index contributed by atoms with van der Waals surface area (Å²) >= 11 is 1.48. The van der Waals surface area contributed by atoms with Gasteiger partial charge in [-0.1, -0.05) is 48.2 Å². The highest BCUT2D eigenvalue weighted by molar-refractivity contribution is 7.99. The van der Waals surface area contributed by atoms with Gasteiger partial charge in [0, 0.05) is 12.3 Å². The van der Waals surface area contributed by atoms with E-state index in [0.717, 1.165) is 16.5 Å². The fourth-order valence-corrected chi connectivity index (χ4v) is 3.41. The lowest BCUT2D eigenvalue weighted by Crippen LogP contribution is -2.08. The monoisotopic (exact) mass is 395 g/mol. The van der Waals surface area contributed by atoms with E-state index in [1.54, 1.807) is 25.3 Å². The summed E-state index contributed by atoms with van der Waals surface area (Å²) in [6.07, 6.45) is 1.79. The third-order valence-electron chi connectivity index (χ3n) is 3.93. The molecular weight excluding hydrogens is 374 g/mol. The van der Waals surface area contributed by atoms with Gasteiger partial charge >= 0.3 is 5.97 Å². The minimum Gasteiger partial charge on any atom is -0.496 e. The number of esters is 1. The van der Waals surface area contributed by atoms with E-state index in [9.17, 15) is 4.79 Å². The van der Waals surface area contributed by atoms with Crippen molar-refractivity contribution in [3.8, 4) is 17.1 Å². The number of thioether (sulfide) groups is 1. The molecule has 144 valence electrons. The van der Waals surface area contributed by atoms with Gasteiger partial charge in [0.25, 0.3) is 0 Å². The molecule has 2 aromatic carbocycles. The Hall–Kier alpha value is -3.06. The van der Waals surface area contributed by atoms with Crippen LogP contribution >= 0.6 is 11.8 Å². The number of para-hydroxylation sites is 1. The molecule has 0 saturated carbocycles. The summed E-state index contributed by atoms with van der Waals surface area (Å²) in [6, 6.07) is 16.6. The summed E-state index contributed by atoms with van der Waals surface area (Å²) in [6.45, 7) is 4.66. The summed E-state index contributed by atoms with van der Waals surface area (Å²) < 4.78 is 12.7. The van der Waals surface area contributed by atoms with Crippen molar-refractivity contribution in [2.45, 2.75) is 11.7 Å². The van der Waals surface area contributed by atoms with Crippen LogP contribution in [0.3, 0.4) is 0 Å². The lowest BCUT2D eigenvalue weighted by Gasteiger charge is -2.10. The molecule has 7 heteroatoms. The second-order valence-electron chi connectivity index (χ2n) is 5.76. The number of hydrogen-bond acceptors (Lipinski definition) is 6. The number of methoxy groups -OCH3 is 1. The van der Waals surface area contributed by atoms with Crippen LogP contribution in [0.4, 0.5) is 0 Å². The van der Waals surface area contributed by atoms with Gasteiger partial charge in [0.2, 0.25) is 0 Å². The number of benzene rings is 2. The first-order valence-corrected chi connectivity index (χ1v) is 9.75. The molecule has 28 heavy (non-hydrogen) atoms. The van der Waals surface area contributed by atoms with Crippen molar-refractivity contribution in [2.24, 2.45) is 0 Å². The normalized spacial score (nSPS) is 10.5. The summed E-state index contributed by atoms with van der Waals surface area (Å²) in [5.74, 6) is 1.68. The van der Waals surface area contributed by atoms with Crippen LogP contribution in [0.15, 0.2) is 72.4 Å². The highest BCUT2D eigenvalue weighted by atomic mass is 32.2. The highest BCUT2D eigenvalue weighted by Crippen LogP contribution is 2.30. The number of nitrogens with zero attached hydrogens (tertiary/aromatic N) is 3. The van der Waals surface area contributed by atoms with E-state index in [1.165, 1.54) is 11.8 Å². The molecule has 0 atom stereocenters. The van der Waals surface area contributed by atoms with Gasteiger partial charge in [0.1, 0.15) is 12.4 Å². The van der Waals surface area contributed by atoms with Gasteiger partial charge in [-0.25, -0.2) is 4.79 Å². The molecule has 0 spiro atoms. The molecule has 0 aliphatic heterocycles. The van der Waals surface area contributed by atoms with E-state index in [0.29, 0.717) is 23.7 Å². The maximum atomic E-state index is 12.0. The Morgan fingerprint density at radius 3 is 2.64 bits per heavy atom. The molecule has 0 saturated heterocycles. The highest BCUT2D eigenvalue weighted by Gasteiger charge is 2.16. The van der Waals surface area contributed by atoms with E-state index in [4.69, 9.17) is 9.47 Å². The van der Waals surface area contributed by atoms with Gasteiger partial charge in [-0.05, 0) is 24.3 Å². The molecular formula is C21H21N3O3S. The largest absolute Gasteiger partial charge is 0.496 e. The first-order chi connectivity index (χ1) is 13.7. The first-order valence-electron chi connectivity index (χ1n) is 8.77. The van der Waals surface area contributed by atoms with Crippen molar-refractivity contribution in [3.63, 3.8) is 0 Å². The predicted molar refractivity (Wildman–Crippen MR) is 110 cm³/mol. The molecule has 3 rings (SSSR count). The molecule has 0 bridgehead atoms. The van der Waals surface area contributed by atoms with Crippen molar-refractivity contribution in [1.29, 1.82) is 0 Å². The quantitative estimate of drug-likeness (QED) is 0.235. The van der Waals surface area contributed by atoms with Crippen molar-refractivity contribution in [3.05, 3.63) is 72.8 Å². The topological polar surface area (TPSA) is 66.2 Å². The molecule has 0 unspecified atom stereocenters. The number of hydrogen-bond donors (Lipinski definition) is 0. The maximum absolute atomic E-state index is 12.0. The summed E-state index contributed by atoms with van der Waals surface area (Å²) in [4.78, 5) is 12.0. The third kappa shape index (κ3) is 4.61. The minimum absolute atomic E-state index is 0.281. The molecule has 0 N–H and O–H groups in total. The van der Waals surface area contributed by atoms with Crippen molar-refractivity contribution >= 4 is 17.7 Å². The summed E-state index contributed by atoms with van der Waals surface area (Å²) in [5, 5.41) is 9.36. The summed E-state index contributed by atoms with van der Waals surface area (Å²) in [7, 11) is 1.63. The van der Waals surface area contributed by atoms with Crippen LogP contribution in [-0.2, 0) is 11.3 Å². The Bertz CT molecular complexity index is 941. The van der Waals surface area contributed by atoms with E-state index in [-0.39, 0.29) is 12.6 Å². The smallest absolute Gasteiger partial charge is 0.338 e. The van der Waals surface area contributed by atoms with E-state index in [2.05, 4.69) is 16.8 Å². The zero-order valence-corrected chi connectivity index (χ0v) is 16.4. The average Bonchev–Trinajstić information content (AvgIpc) is 3.14.